The van der Waals surface area contributed by atoms with Gasteiger partial charge in [-0.3, -0.25) is 0 Å². The van der Waals surface area contributed by atoms with Gasteiger partial charge in [-0.1, -0.05) is 13.8 Å². The van der Waals surface area contributed by atoms with Crippen molar-refractivity contribution in [1.29, 1.82) is 0 Å². The predicted octanol–water partition coefficient (Wildman–Crippen LogP) is 1.85. The van der Waals surface area contributed by atoms with Crippen molar-refractivity contribution in [2.75, 3.05) is 56.1 Å². The number of piperazine rings is 1. The van der Waals surface area contributed by atoms with Gasteiger partial charge >= 0.3 is 0 Å². The number of aromatic nitrogens is 2. The summed E-state index contributed by atoms with van der Waals surface area (Å²) < 4.78 is 0. The summed E-state index contributed by atoms with van der Waals surface area (Å²) in [5.41, 5.74) is 0. The van der Waals surface area contributed by atoms with E-state index in [2.05, 4.69) is 40.6 Å². The zero-order valence-electron chi connectivity index (χ0n) is 13.0. The fourth-order valence-corrected chi connectivity index (χ4v) is 2.55. The van der Waals surface area contributed by atoms with Crippen molar-refractivity contribution in [2.24, 2.45) is 0 Å². The van der Waals surface area contributed by atoms with E-state index in [1.54, 1.807) is 0 Å². The highest BCUT2D eigenvalue weighted by Gasteiger charge is 2.17. The number of anilines is 2. The van der Waals surface area contributed by atoms with Crippen LogP contribution in [0.1, 0.15) is 26.7 Å². The van der Waals surface area contributed by atoms with E-state index in [1.807, 2.05) is 12.3 Å². The van der Waals surface area contributed by atoms with Gasteiger partial charge in [-0.05, 0) is 26.0 Å². The quantitative estimate of drug-likeness (QED) is 0.793. The van der Waals surface area contributed by atoms with E-state index >= 15 is 0 Å². The van der Waals surface area contributed by atoms with Gasteiger partial charge in [-0.25, -0.2) is 4.98 Å². The van der Waals surface area contributed by atoms with Crippen LogP contribution in [0.3, 0.4) is 0 Å². The topological polar surface area (TPSA) is 35.5 Å². The molecule has 1 aromatic heterocycles. The molecule has 112 valence electrons. The van der Waals surface area contributed by atoms with Crippen LogP contribution in [0.4, 0.5) is 11.8 Å². The van der Waals surface area contributed by atoms with E-state index in [-0.39, 0.29) is 0 Å². The minimum Gasteiger partial charge on any atom is -0.356 e. The number of hydrogen-bond donors (Lipinski definition) is 0. The molecule has 0 aromatic carbocycles. The van der Waals surface area contributed by atoms with Gasteiger partial charge in [-0.15, -0.1) is 0 Å². The molecule has 5 nitrogen and oxygen atoms in total. The maximum Gasteiger partial charge on any atom is 0.227 e. The lowest BCUT2D eigenvalue weighted by atomic mass is 10.3. The molecule has 1 aliphatic heterocycles. The molecule has 0 saturated carbocycles. The van der Waals surface area contributed by atoms with E-state index < -0.39 is 0 Å². The molecule has 2 heterocycles. The van der Waals surface area contributed by atoms with Crippen molar-refractivity contribution in [3.05, 3.63) is 12.3 Å². The van der Waals surface area contributed by atoms with Gasteiger partial charge in [0.15, 0.2) is 0 Å². The molecule has 5 heteroatoms. The first-order chi connectivity index (χ1) is 9.74. The van der Waals surface area contributed by atoms with Crippen molar-refractivity contribution < 1.29 is 0 Å². The van der Waals surface area contributed by atoms with E-state index in [0.717, 1.165) is 63.9 Å². The molecule has 1 fully saturated rings. The van der Waals surface area contributed by atoms with Gasteiger partial charge in [0, 0.05) is 45.5 Å². The molecule has 1 aromatic rings. The largest absolute Gasteiger partial charge is 0.356 e. The molecule has 0 spiro atoms. The summed E-state index contributed by atoms with van der Waals surface area (Å²) in [5, 5.41) is 0. The average Bonchev–Trinajstić information content (AvgIpc) is 2.48. The van der Waals surface area contributed by atoms with E-state index in [9.17, 15) is 0 Å². The molecule has 1 saturated heterocycles. The molecule has 0 aliphatic carbocycles. The van der Waals surface area contributed by atoms with Crippen LogP contribution in [0.2, 0.25) is 0 Å². The van der Waals surface area contributed by atoms with Gasteiger partial charge in [0.2, 0.25) is 5.95 Å². The third kappa shape index (κ3) is 3.82. The van der Waals surface area contributed by atoms with Gasteiger partial charge < -0.3 is 14.7 Å². The van der Waals surface area contributed by atoms with Crippen LogP contribution in [0.15, 0.2) is 12.3 Å². The SMILES string of the molecule is CCCN(CCC)c1ccnc(N2CCN(C)CC2)n1. The summed E-state index contributed by atoms with van der Waals surface area (Å²) in [5.74, 6) is 1.95. The van der Waals surface area contributed by atoms with Gasteiger partial charge in [0.05, 0.1) is 0 Å². The zero-order chi connectivity index (χ0) is 14.4. The molecule has 1 aliphatic rings. The molecule has 0 atom stereocenters. The third-order valence-corrected chi connectivity index (χ3v) is 3.73. The second-order valence-corrected chi connectivity index (χ2v) is 5.49. The normalized spacial score (nSPS) is 16.4. The monoisotopic (exact) mass is 277 g/mol. The van der Waals surface area contributed by atoms with Gasteiger partial charge in [0.1, 0.15) is 5.82 Å². The molecule has 0 bridgehead atoms. The molecule has 2 rings (SSSR count). The fraction of sp³-hybridized carbons (Fsp3) is 0.733. The molecule has 0 unspecified atom stereocenters. The molecule has 0 N–H and O–H groups in total. The van der Waals surface area contributed by atoms with Crippen LogP contribution >= 0.6 is 0 Å². The van der Waals surface area contributed by atoms with Crippen LogP contribution in [-0.4, -0.2) is 61.2 Å². The summed E-state index contributed by atoms with van der Waals surface area (Å²) in [6.45, 7) is 10.8. The predicted molar refractivity (Wildman–Crippen MR) is 84.5 cm³/mol. The summed E-state index contributed by atoms with van der Waals surface area (Å²) in [6, 6.07) is 2.03. The van der Waals surface area contributed by atoms with E-state index in [1.165, 1.54) is 0 Å². The second-order valence-electron chi connectivity index (χ2n) is 5.49. The van der Waals surface area contributed by atoms with Crippen molar-refractivity contribution in [1.82, 2.24) is 14.9 Å². The van der Waals surface area contributed by atoms with Crippen molar-refractivity contribution in [3.8, 4) is 0 Å². The van der Waals surface area contributed by atoms with Gasteiger partial charge in [-0.2, -0.15) is 4.98 Å². The minimum absolute atomic E-state index is 0.882. The van der Waals surface area contributed by atoms with E-state index in [0.29, 0.717) is 0 Å². The second kappa shape index (κ2) is 7.43. The molecular formula is C15H27N5. The van der Waals surface area contributed by atoms with Crippen LogP contribution in [0, 0.1) is 0 Å². The molecule has 20 heavy (non-hydrogen) atoms. The Bertz CT molecular complexity index is 395. The Morgan fingerprint density at radius 1 is 1.10 bits per heavy atom. The zero-order valence-corrected chi connectivity index (χ0v) is 13.0. The summed E-state index contributed by atoms with van der Waals surface area (Å²) in [4.78, 5) is 16.2. The van der Waals surface area contributed by atoms with Crippen LogP contribution in [0.25, 0.3) is 0 Å². The Kier molecular flexibility index (Phi) is 5.59. The lowest BCUT2D eigenvalue weighted by molar-refractivity contribution is 0.311. The Morgan fingerprint density at radius 3 is 2.35 bits per heavy atom. The first-order valence-corrected chi connectivity index (χ1v) is 7.76. The number of rotatable bonds is 6. The van der Waals surface area contributed by atoms with E-state index in [4.69, 9.17) is 4.98 Å². The smallest absolute Gasteiger partial charge is 0.227 e. The highest BCUT2D eigenvalue weighted by Crippen LogP contribution is 2.16. The Balaban J connectivity index is 2.09. The Labute approximate surface area is 122 Å². The van der Waals surface area contributed by atoms with Crippen molar-refractivity contribution >= 4 is 11.8 Å². The van der Waals surface area contributed by atoms with Gasteiger partial charge in [0.25, 0.3) is 0 Å². The minimum atomic E-state index is 0.882. The molecule has 0 radical (unpaired) electrons. The Hall–Kier alpha value is -1.36. The Morgan fingerprint density at radius 2 is 1.75 bits per heavy atom. The highest BCUT2D eigenvalue weighted by molar-refractivity contribution is 5.44. The maximum atomic E-state index is 4.78. The van der Waals surface area contributed by atoms with Crippen molar-refractivity contribution in [3.63, 3.8) is 0 Å². The fourth-order valence-electron chi connectivity index (χ4n) is 2.55. The standard InChI is InChI=1S/C15H27N5/c1-4-8-19(9-5-2)14-6-7-16-15(17-14)20-12-10-18(3)11-13-20/h6-7H,4-5,8-13H2,1-3H3. The third-order valence-electron chi connectivity index (χ3n) is 3.73. The maximum absolute atomic E-state index is 4.78. The first-order valence-electron chi connectivity index (χ1n) is 7.76. The molecular weight excluding hydrogens is 250 g/mol. The lowest BCUT2D eigenvalue weighted by Gasteiger charge is -2.33. The summed E-state index contributed by atoms with van der Waals surface area (Å²) in [7, 11) is 2.17. The van der Waals surface area contributed by atoms with Crippen LogP contribution < -0.4 is 9.80 Å². The average molecular weight is 277 g/mol. The van der Waals surface area contributed by atoms with Crippen molar-refractivity contribution in [2.45, 2.75) is 26.7 Å². The molecule has 0 amide bonds. The number of likely N-dealkylation sites (N-methyl/N-ethyl adjacent to an activating group) is 1. The lowest BCUT2D eigenvalue weighted by Crippen LogP contribution is -2.45. The highest BCUT2D eigenvalue weighted by atomic mass is 15.3. The summed E-state index contributed by atoms with van der Waals surface area (Å²) in [6.07, 6.45) is 4.19. The summed E-state index contributed by atoms with van der Waals surface area (Å²) >= 11 is 0. The number of hydrogen-bond acceptors (Lipinski definition) is 5. The van der Waals surface area contributed by atoms with Crippen LogP contribution in [-0.2, 0) is 0 Å². The van der Waals surface area contributed by atoms with Crippen LogP contribution in [0.5, 0.6) is 0 Å². The first kappa shape index (κ1) is 15.0. The number of nitrogens with zero attached hydrogens (tertiary/aromatic N) is 5.